The van der Waals surface area contributed by atoms with Gasteiger partial charge in [0.2, 0.25) is 0 Å². The summed E-state index contributed by atoms with van der Waals surface area (Å²) in [6.07, 6.45) is 8.38. The van der Waals surface area contributed by atoms with E-state index in [4.69, 9.17) is 0 Å². The van der Waals surface area contributed by atoms with E-state index in [0.29, 0.717) is 11.4 Å². The maximum absolute atomic E-state index is 12.5. The molecule has 1 aliphatic heterocycles. The van der Waals surface area contributed by atoms with Gasteiger partial charge in [0, 0.05) is 37.4 Å². The number of hydrazine groups is 1. The molecule has 2 N–H and O–H groups in total. The van der Waals surface area contributed by atoms with Gasteiger partial charge in [-0.2, -0.15) is 0 Å². The van der Waals surface area contributed by atoms with Crippen LogP contribution in [-0.4, -0.2) is 29.0 Å². The van der Waals surface area contributed by atoms with E-state index >= 15 is 0 Å². The van der Waals surface area contributed by atoms with Gasteiger partial charge >= 0.3 is 0 Å². The van der Waals surface area contributed by atoms with Crippen LogP contribution in [0, 0.1) is 0 Å². The van der Waals surface area contributed by atoms with E-state index in [9.17, 15) is 4.79 Å². The third kappa shape index (κ3) is 3.40. The van der Waals surface area contributed by atoms with E-state index in [2.05, 4.69) is 20.7 Å². The van der Waals surface area contributed by atoms with Gasteiger partial charge in [-0.3, -0.25) is 9.78 Å². The van der Waals surface area contributed by atoms with Crippen LogP contribution in [0.2, 0.25) is 0 Å². The Bertz CT molecular complexity index is 623. The normalized spacial score (nSPS) is 15.2. The molecule has 0 spiro atoms. The van der Waals surface area contributed by atoms with Gasteiger partial charge in [-0.15, -0.1) is 0 Å². The van der Waals surface area contributed by atoms with Gasteiger partial charge in [-0.1, -0.05) is 6.42 Å². The van der Waals surface area contributed by atoms with Crippen LogP contribution in [0.3, 0.4) is 0 Å². The highest BCUT2D eigenvalue weighted by Crippen LogP contribution is 2.20. The molecule has 0 aromatic carbocycles. The average molecular weight is 297 g/mol. The third-order valence-corrected chi connectivity index (χ3v) is 3.59. The van der Waals surface area contributed by atoms with Crippen molar-refractivity contribution in [3.05, 3.63) is 48.5 Å². The van der Waals surface area contributed by atoms with Crippen molar-refractivity contribution < 1.29 is 4.79 Å². The van der Waals surface area contributed by atoms with Crippen molar-refractivity contribution in [2.45, 2.75) is 19.3 Å². The van der Waals surface area contributed by atoms with Crippen molar-refractivity contribution in [3.63, 3.8) is 0 Å². The molecule has 0 saturated carbocycles. The van der Waals surface area contributed by atoms with E-state index in [1.807, 2.05) is 17.1 Å². The zero-order valence-corrected chi connectivity index (χ0v) is 12.3. The molecule has 1 fully saturated rings. The summed E-state index contributed by atoms with van der Waals surface area (Å²) in [7, 11) is 0. The minimum absolute atomic E-state index is 0.215. The Morgan fingerprint density at radius 1 is 1.14 bits per heavy atom. The monoisotopic (exact) mass is 297 g/mol. The second-order valence-corrected chi connectivity index (χ2v) is 5.18. The van der Waals surface area contributed by atoms with Gasteiger partial charge in [-0.25, -0.2) is 10.4 Å². The summed E-state index contributed by atoms with van der Waals surface area (Å²) in [4.78, 5) is 20.7. The fraction of sp³-hybridized carbons (Fsp3) is 0.312. The molecule has 1 aliphatic rings. The Morgan fingerprint density at radius 3 is 2.86 bits per heavy atom. The molecule has 3 rings (SSSR count). The molecule has 2 aromatic rings. The molecule has 0 radical (unpaired) electrons. The lowest BCUT2D eigenvalue weighted by Crippen LogP contribution is -2.39. The molecule has 0 unspecified atom stereocenters. The second-order valence-electron chi connectivity index (χ2n) is 5.18. The summed E-state index contributed by atoms with van der Waals surface area (Å²) in [5.41, 5.74) is 5.31. The molecule has 6 heteroatoms. The predicted octanol–water partition coefficient (Wildman–Crippen LogP) is 2.22. The zero-order chi connectivity index (χ0) is 15.2. The standard InChI is InChI=1S/C16H19N5O/c22-16(20-13-6-10-17-11-7-13)15-14(5-4-8-18-15)21-12-3-1-2-9-19-21/h4-8,10-11,19H,1-3,9,12H2,(H,17,20,22). The number of nitrogens with zero attached hydrogens (tertiary/aromatic N) is 3. The van der Waals surface area contributed by atoms with E-state index < -0.39 is 0 Å². The first-order valence-corrected chi connectivity index (χ1v) is 7.52. The number of nitrogens with one attached hydrogen (secondary N) is 2. The van der Waals surface area contributed by atoms with Crippen molar-refractivity contribution in [2.24, 2.45) is 0 Å². The van der Waals surface area contributed by atoms with Gasteiger partial charge in [0.05, 0.1) is 5.69 Å². The summed E-state index contributed by atoms with van der Waals surface area (Å²) < 4.78 is 0. The Labute approximate surface area is 129 Å². The van der Waals surface area contributed by atoms with Crippen LogP contribution in [0.25, 0.3) is 0 Å². The maximum atomic E-state index is 12.5. The van der Waals surface area contributed by atoms with Crippen LogP contribution in [0.4, 0.5) is 11.4 Å². The molecule has 0 bridgehead atoms. The number of aromatic nitrogens is 2. The van der Waals surface area contributed by atoms with Crippen molar-refractivity contribution in [3.8, 4) is 0 Å². The van der Waals surface area contributed by atoms with Gasteiger partial charge in [0.1, 0.15) is 0 Å². The maximum Gasteiger partial charge on any atom is 0.276 e. The van der Waals surface area contributed by atoms with E-state index in [1.165, 1.54) is 6.42 Å². The van der Waals surface area contributed by atoms with Crippen LogP contribution < -0.4 is 15.8 Å². The summed E-state index contributed by atoms with van der Waals surface area (Å²) in [6.45, 7) is 1.79. The van der Waals surface area contributed by atoms with E-state index in [-0.39, 0.29) is 5.91 Å². The largest absolute Gasteiger partial charge is 0.320 e. The van der Waals surface area contributed by atoms with Gasteiger partial charge in [-0.05, 0) is 37.1 Å². The number of hydrogen-bond donors (Lipinski definition) is 2. The molecule has 22 heavy (non-hydrogen) atoms. The molecular formula is C16H19N5O. The second kappa shape index (κ2) is 7.00. The zero-order valence-electron chi connectivity index (χ0n) is 12.3. The molecule has 1 amide bonds. The molecule has 3 heterocycles. The lowest BCUT2D eigenvalue weighted by Gasteiger charge is -2.24. The number of anilines is 2. The Morgan fingerprint density at radius 2 is 2.00 bits per heavy atom. The molecule has 6 nitrogen and oxygen atoms in total. The molecular weight excluding hydrogens is 278 g/mol. The van der Waals surface area contributed by atoms with Crippen LogP contribution in [0.1, 0.15) is 29.8 Å². The first-order chi connectivity index (χ1) is 10.8. The van der Waals surface area contributed by atoms with E-state index in [0.717, 1.165) is 31.6 Å². The lowest BCUT2D eigenvalue weighted by molar-refractivity contribution is 0.102. The van der Waals surface area contributed by atoms with Crippen LogP contribution in [0.5, 0.6) is 0 Å². The fourth-order valence-corrected chi connectivity index (χ4v) is 2.49. The highest BCUT2D eigenvalue weighted by molar-refractivity contribution is 6.06. The predicted molar refractivity (Wildman–Crippen MR) is 85.6 cm³/mol. The number of pyridine rings is 2. The first-order valence-electron chi connectivity index (χ1n) is 7.52. The Kier molecular flexibility index (Phi) is 4.60. The topological polar surface area (TPSA) is 70.2 Å². The first kappa shape index (κ1) is 14.5. The third-order valence-electron chi connectivity index (χ3n) is 3.59. The smallest absolute Gasteiger partial charge is 0.276 e. The lowest BCUT2D eigenvalue weighted by atomic mass is 10.2. The number of hydrogen-bond acceptors (Lipinski definition) is 5. The molecule has 1 saturated heterocycles. The summed E-state index contributed by atoms with van der Waals surface area (Å²) in [5.74, 6) is -0.215. The highest BCUT2D eigenvalue weighted by Gasteiger charge is 2.19. The molecule has 0 aliphatic carbocycles. The van der Waals surface area contributed by atoms with E-state index in [1.54, 1.807) is 30.7 Å². The average Bonchev–Trinajstić information content (AvgIpc) is 2.85. The summed E-state index contributed by atoms with van der Waals surface area (Å²) in [6, 6.07) is 7.29. The number of carbonyl (C=O) groups excluding carboxylic acids is 1. The van der Waals surface area contributed by atoms with Gasteiger partial charge in [0.25, 0.3) is 5.91 Å². The number of amides is 1. The van der Waals surface area contributed by atoms with Crippen molar-refractivity contribution in [1.82, 2.24) is 15.4 Å². The minimum atomic E-state index is -0.215. The van der Waals surface area contributed by atoms with Crippen molar-refractivity contribution in [2.75, 3.05) is 23.4 Å². The fourth-order valence-electron chi connectivity index (χ4n) is 2.49. The molecule has 0 atom stereocenters. The Hall–Kier alpha value is -2.47. The van der Waals surface area contributed by atoms with Crippen LogP contribution in [-0.2, 0) is 0 Å². The molecule has 114 valence electrons. The quantitative estimate of drug-likeness (QED) is 0.909. The highest BCUT2D eigenvalue weighted by atomic mass is 16.1. The summed E-state index contributed by atoms with van der Waals surface area (Å²) >= 11 is 0. The minimum Gasteiger partial charge on any atom is -0.320 e. The molecule has 2 aromatic heterocycles. The van der Waals surface area contributed by atoms with Crippen LogP contribution >= 0.6 is 0 Å². The summed E-state index contributed by atoms with van der Waals surface area (Å²) in [5, 5.41) is 4.89. The SMILES string of the molecule is O=C(Nc1ccncc1)c1ncccc1N1CCCCCN1. The van der Waals surface area contributed by atoms with Gasteiger partial charge in [0.15, 0.2) is 5.69 Å². The van der Waals surface area contributed by atoms with Gasteiger partial charge < -0.3 is 10.3 Å². The Balaban J connectivity index is 1.82. The number of rotatable bonds is 3. The van der Waals surface area contributed by atoms with Crippen LogP contribution in [0.15, 0.2) is 42.9 Å². The van der Waals surface area contributed by atoms with Crippen molar-refractivity contribution >= 4 is 17.3 Å². The van der Waals surface area contributed by atoms with Crippen molar-refractivity contribution in [1.29, 1.82) is 0 Å². The number of carbonyl (C=O) groups is 1.